The third-order valence-corrected chi connectivity index (χ3v) is 12.9. The van der Waals surface area contributed by atoms with Gasteiger partial charge in [-0.3, -0.25) is 9.59 Å². The van der Waals surface area contributed by atoms with Crippen LogP contribution in [0, 0.1) is 65.6 Å². The minimum Gasteiger partial charge on any atom is -0.481 e. The number of carboxylic acids is 1. The van der Waals surface area contributed by atoms with Crippen molar-refractivity contribution in [1.82, 2.24) is 19.9 Å². The first-order chi connectivity index (χ1) is 40.6. The number of ketones is 1. The number of aliphatic hydroxyl groups excluding tert-OH is 4. The molecule has 0 bridgehead atoms. The highest BCUT2D eigenvalue weighted by molar-refractivity contribution is 5.86. The molecule has 2 heterocycles. The molecule has 0 unspecified atom stereocenters. The van der Waals surface area contributed by atoms with Crippen molar-refractivity contribution in [2.45, 2.75) is 108 Å². The fraction of sp³-hybridized carbons (Fsp3) is 0.312. The molecule has 2 aliphatic rings. The molecule has 6 aromatic rings. The molecule has 16 nitrogen and oxygen atoms in total. The summed E-state index contributed by atoms with van der Waals surface area (Å²) in [6.07, 6.45) is 18.3. The molecule has 2 fully saturated rings. The van der Waals surface area contributed by atoms with E-state index >= 15 is 0 Å². The molecule has 436 valence electrons. The number of aromatic nitrogens is 4. The fourth-order valence-corrected chi connectivity index (χ4v) is 8.45. The number of carbonyl (C=O) groups excluding carboxylic acids is 1. The number of hydrogen-bond donors (Lipinski definition) is 8. The quantitative estimate of drug-likeness (QED) is 0.0294. The maximum atomic E-state index is 12.8. The van der Waals surface area contributed by atoms with Crippen molar-refractivity contribution in [2.75, 3.05) is 23.8 Å². The maximum Gasteiger partial charge on any atom is 0.387 e. The van der Waals surface area contributed by atoms with Gasteiger partial charge in [-0.2, -0.15) is 17.6 Å². The van der Waals surface area contributed by atoms with E-state index in [4.69, 9.17) is 22.4 Å². The zero-order valence-electron chi connectivity index (χ0n) is 45.8. The third kappa shape index (κ3) is 23.3. The zero-order valence-corrected chi connectivity index (χ0v) is 45.8. The molecule has 84 heavy (non-hydrogen) atoms. The normalized spacial score (nSPS) is 16.3. The molecule has 2 aliphatic carbocycles. The van der Waals surface area contributed by atoms with Gasteiger partial charge in [-0.15, -0.1) is 6.42 Å². The second-order valence-electron chi connectivity index (χ2n) is 18.9. The monoisotopic (exact) mass is 1150 g/mol. The lowest BCUT2D eigenvalue weighted by molar-refractivity contribution is -0.139. The van der Waals surface area contributed by atoms with E-state index in [-0.39, 0.29) is 42.0 Å². The Morgan fingerprint density at radius 3 is 1.31 bits per heavy atom. The van der Waals surface area contributed by atoms with Crippen LogP contribution in [-0.4, -0.2) is 102 Å². The molecule has 4 aromatic carbocycles. The number of benzene rings is 4. The number of aliphatic carboxylic acids is 1. The molecule has 0 spiro atoms. The van der Waals surface area contributed by atoms with Gasteiger partial charge < -0.3 is 51.4 Å². The molecule has 0 radical (unpaired) electrons. The maximum absolute atomic E-state index is 12.8. The van der Waals surface area contributed by atoms with Crippen molar-refractivity contribution < 1.29 is 62.2 Å². The Morgan fingerprint density at radius 1 is 0.571 bits per heavy atom. The second kappa shape index (κ2) is 35.5. The van der Waals surface area contributed by atoms with Gasteiger partial charge in [0.1, 0.15) is 23.2 Å². The van der Waals surface area contributed by atoms with Crippen molar-refractivity contribution >= 4 is 35.0 Å². The van der Waals surface area contributed by atoms with E-state index in [1.807, 2.05) is 12.1 Å². The van der Waals surface area contributed by atoms with Crippen molar-refractivity contribution in [2.24, 2.45) is 11.7 Å². The summed E-state index contributed by atoms with van der Waals surface area (Å²) < 4.78 is 57.7. The number of carboxylic acid groups (broad SMARTS) is 1. The van der Waals surface area contributed by atoms with Crippen molar-refractivity contribution in [3.05, 3.63) is 133 Å². The first kappa shape index (κ1) is 65.5. The summed E-state index contributed by atoms with van der Waals surface area (Å²) in [5, 5.41) is 52.8. The molecule has 2 aromatic heterocycles. The largest absolute Gasteiger partial charge is 0.481 e. The predicted molar refractivity (Wildman–Crippen MR) is 311 cm³/mol. The van der Waals surface area contributed by atoms with Gasteiger partial charge in [0.2, 0.25) is 11.9 Å². The Morgan fingerprint density at radius 2 is 0.952 bits per heavy atom. The molecular formula is C64H63F4N7O9. The van der Waals surface area contributed by atoms with E-state index in [9.17, 15) is 42.5 Å². The minimum atomic E-state index is -2.87. The number of Topliss-reactive ketones (excluding diaryl/α,β-unsaturated/α-hetero) is 1. The molecule has 9 N–H and O–H groups in total. The highest BCUT2D eigenvalue weighted by atomic mass is 19.3. The van der Waals surface area contributed by atoms with Crippen LogP contribution in [0.3, 0.4) is 0 Å². The van der Waals surface area contributed by atoms with Gasteiger partial charge >= 0.3 is 19.2 Å². The smallest absolute Gasteiger partial charge is 0.387 e. The van der Waals surface area contributed by atoms with E-state index in [2.05, 4.69) is 93.3 Å². The summed E-state index contributed by atoms with van der Waals surface area (Å²) in [5.41, 5.74) is 11.1. The van der Waals surface area contributed by atoms with Crippen LogP contribution in [0.4, 0.5) is 40.8 Å². The first-order valence-corrected chi connectivity index (χ1v) is 26.5. The topological polar surface area (TPSA) is 255 Å². The van der Waals surface area contributed by atoms with Crippen LogP contribution in [0.25, 0.3) is 22.3 Å². The van der Waals surface area contributed by atoms with Gasteiger partial charge in [0.25, 0.3) is 0 Å². The van der Waals surface area contributed by atoms with E-state index in [0.717, 1.165) is 79.3 Å². The number of halogens is 4. The van der Waals surface area contributed by atoms with Gasteiger partial charge in [-0.05, 0) is 182 Å². The number of anilines is 4. The number of nitrogens with two attached hydrogens (primary N) is 1. The Balaban J connectivity index is 0.000000237. The number of nitrogens with zero attached hydrogens (tertiary/aromatic N) is 4. The molecule has 20 heteroatoms. The summed E-state index contributed by atoms with van der Waals surface area (Å²) in [6.45, 7) is -4.77. The predicted octanol–water partition coefficient (Wildman–Crippen LogP) is 9.63. The lowest BCUT2D eigenvalue weighted by Gasteiger charge is -2.26. The second-order valence-corrected chi connectivity index (χ2v) is 18.9. The first-order valence-electron chi connectivity index (χ1n) is 26.5. The van der Waals surface area contributed by atoms with E-state index in [1.54, 1.807) is 92.4 Å². The van der Waals surface area contributed by atoms with Crippen LogP contribution in [-0.2, 0) is 9.59 Å². The van der Waals surface area contributed by atoms with Crippen LogP contribution in [0.1, 0.15) is 87.7 Å². The zero-order chi connectivity index (χ0) is 60.6. The number of aliphatic hydroxyl groups is 4. The lowest BCUT2D eigenvalue weighted by Crippen LogP contribution is -2.28. The highest BCUT2D eigenvalue weighted by Gasteiger charge is 2.27. The minimum absolute atomic E-state index is 0.0207. The van der Waals surface area contributed by atoms with Gasteiger partial charge in [-0.25, -0.2) is 19.9 Å². The number of carbonyl (C=O) groups is 2. The molecule has 0 saturated heterocycles. The number of hydrogen-bond acceptors (Lipinski definition) is 15. The van der Waals surface area contributed by atoms with Gasteiger partial charge in [0, 0.05) is 59.8 Å². The summed E-state index contributed by atoms with van der Waals surface area (Å²) in [6, 6.07) is 26.5. The standard InChI is InChI=1S/C27H29F2N3O4.C20H17F2N3O4.C11H4.C6H13NO/c28-26(29)36-23-11-5-18(6-12-23)20-14-30-27(31-15-20)32-21-7-3-19(4-8-21)24(16-33)25(35)13-17-1-9-22(34)10-2-17;21-19(22)29-16-7-3-12(4-8-16)14-9-23-20(24-10-14)25-15-5-1-13(2-6-15)17(11-26)18(27)28;1-3-5-7-9-11-10-8-6-4-2;7-5-1-3-6(8)4-2-5/h3-8,11-12,14-15,17,22,24,26,33-34H,1-2,9-10,13,16H2,(H,30,31,32);1-10,17,19,26H,11H2,(H,27,28)(H,23,24,25);1H,2H3;5-6,8H,1-4,7H2/t17?,22?,24-;17-;;/m00../s1. The SMILES string of the molecule is C#CC#CC#CC#CC#CC.NC1CCC(O)CC1.O=C(CC1CCC(O)CC1)[C@@H](CO)c1ccc(Nc2ncc(-c3ccc(OC(F)F)cc3)cn2)cc1.O=C(O)[C@@H](CO)c1ccc(Nc2ncc(-c3ccc(OC(F)F)cc3)cn2)cc1. The Hall–Kier alpha value is -9.30. The van der Waals surface area contributed by atoms with Crippen LogP contribution in [0.15, 0.2) is 122 Å². The Bertz CT molecular complexity index is 3280. The van der Waals surface area contributed by atoms with E-state index in [0.29, 0.717) is 41.2 Å². The van der Waals surface area contributed by atoms with Gasteiger partial charge in [0.15, 0.2) is 0 Å². The average Bonchev–Trinajstić information content (AvgIpc) is 3.70. The van der Waals surface area contributed by atoms with Gasteiger partial charge in [-0.1, -0.05) is 54.5 Å². The summed E-state index contributed by atoms with van der Waals surface area (Å²) in [4.78, 5) is 40.9. The molecule has 0 aliphatic heterocycles. The summed E-state index contributed by atoms with van der Waals surface area (Å²) >= 11 is 0. The third-order valence-electron chi connectivity index (χ3n) is 12.9. The van der Waals surface area contributed by atoms with Crippen molar-refractivity contribution in [1.29, 1.82) is 0 Å². The molecular weight excluding hydrogens is 1090 g/mol. The number of alkyl halides is 4. The summed E-state index contributed by atoms with van der Waals surface area (Å²) in [7, 11) is 0. The van der Waals surface area contributed by atoms with E-state index < -0.39 is 37.6 Å². The van der Waals surface area contributed by atoms with Gasteiger partial charge in [0.05, 0.1) is 31.3 Å². The van der Waals surface area contributed by atoms with Crippen LogP contribution in [0.2, 0.25) is 0 Å². The molecule has 8 rings (SSSR count). The lowest BCUT2D eigenvalue weighted by atomic mass is 9.81. The van der Waals surface area contributed by atoms with Crippen molar-refractivity contribution in [3.63, 3.8) is 0 Å². The number of rotatable bonds is 18. The number of nitrogens with one attached hydrogen (secondary N) is 2. The molecule has 2 saturated carbocycles. The van der Waals surface area contributed by atoms with Crippen molar-refractivity contribution in [3.8, 4) is 93.5 Å². The van der Waals surface area contributed by atoms with Crippen LogP contribution in [0.5, 0.6) is 11.5 Å². The number of ether oxygens (including phenoxy) is 2. The van der Waals surface area contributed by atoms with Crippen LogP contribution >= 0.6 is 0 Å². The number of terminal acetylenes is 1. The fourth-order valence-electron chi connectivity index (χ4n) is 8.45. The summed E-state index contributed by atoms with van der Waals surface area (Å²) in [5.74, 6) is 20.4. The molecule has 0 amide bonds. The highest BCUT2D eigenvalue weighted by Crippen LogP contribution is 2.31. The average molecular weight is 1150 g/mol. The Labute approximate surface area is 485 Å². The molecule has 2 atom stereocenters. The Kier molecular flexibility index (Phi) is 27.7. The van der Waals surface area contributed by atoms with E-state index in [1.165, 1.54) is 24.3 Å². The van der Waals surface area contributed by atoms with Crippen LogP contribution < -0.4 is 25.8 Å².